The number of azide groups is 1. The highest BCUT2D eigenvalue weighted by molar-refractivity contribution is 5.92. The molecule has 0 aliphatic heterocycles. The first-order chi connectivity index (χ1) is 7.13. The number of amides is 1. The standard InChI is InChI=1S/C9H9FN4O/c1-6-2-3-7(4-8(6)10)13-9(15)5-12-14-11/h2-4H,5H2,1H3,(H,13,15). The van der Waals surface area contributed by atoms with Crippen molar-refractivity contribution in [3.05, 3.63) is 40.0 Å². The zero-order valence-electron chi connectivity index (χ0n) is 8.07. The van der Waals surface area contributed by atoms with E-state index in [2.05, 4.69) is 15.3 Å². The van der Waals surface area contributed by atoms with Crippen molar-refractivity contribution < 1.29 is 9.18 Å². The number of aryl methyl sites for hydroxylation is 1. The second-order valence-corrected chi connectivity index (χ2v) is 2.90. The number of hydrogen-bond acceptors (Lipinski definition) is 2. The fraction of sp³-hybridized carbons (Fsp3) is 0.222. The van der Waals surface area contributed by atoms with Crippen LogP contribution in [0.2, 0.25) is 0 Å². The van der Waals surface area contributed by atoms with E-state index in [1.54, 1.807) is 19.1 Å². The first-order valence-corrected chi connectivity index (χ1v) is 4.20. The molecule has 0 aromatic heterocycles. The van der Waals surface area contributed by atoms with Crippen molar-refractivity contribution in [3.63, 3.8) is 0 Å². The first kappa shape index (κ1) is 11.0. The summed E-state index contributed by atoms with van der Waals surface area (Å²) in [6, 6.07) is 4.34. The smallest absolute Gasteiger partial charge is 0.230 e. The lowest BCUT2D eigenvalue weighted by atomic mass is 10.2. The van der Waals surface area contributed by atoms with Gasteiger partial charge in [-0.05, 0) is 30.2 Å². The molecule has 0 heterocycles. The van der Waals surface area contributed by atoms with Crippen molar-refractivity contribution in [2.75, 3.05) is 11.9 Å². The Morgan fingerprint density at radius 2 is 2.40 bits per heavy atom. The highest BCUT2D eigenvalue weighted by atomic mass is 19.1. The minimum absolute atomic E-state index is 0.300. The van der Waals surface area contributed by atoms with Crippen molar-refractivity contribution in [1.82, 2.24) is 0 Å². The van der Waals surface area contributed by atoms with E-state index < -0.39 is 11.7 Å². The predicted molar refractivity (Wildman–Crippen MR) is 53.8 cm³/mol. The molecule has 5 nitrogen and oxygen atoms in total. The third-order valence-corrected chi connectivity index (χ3v) is 1.73. The van der Waals surface area contributed by atoms with E-state index in [1.165, 1.54) is 6.07 Å². The van der Waals surface area contributed by atoms with Gasteiger partial charge in [0.2, 0.25) is 5.91 Å². The lowest BCUT2D eigenvalue weighted by Crippen LogP contribution is -2.14. The normalized spacial score (nSPS) is 9.20. The van der Waals surface area contributed by atoms with E-state index in [1.807, 2.05) is 0 Å². The van der Waals surface area contributed by atoms with Gasteiger partial charge in [-0.3, -0.25) is 4.79 Å². The average Bonchev–Trinajstić information content (AvgIpc) is 2.20. The summed E-state index contributed by atoms with van der Waals surface area (Å²) < 4.78 is 13.0. The van der Waals surface area contributed by atoms with E-state index in [0.29, 0.717) is 11.3 Å². The number of anilines is 1. The maximum atomic E-state index is 13.0. The summed E-state index contributed by atoms with van der Waals surface area (Å²) in [5.41, 5.74) is 8.83. The third kappa shape index (κ3) is 3.28. The number of rotatable bonds is 3. The van der Waals surface area contributed by atoms with Crippen molar-refractivity contribution in [2.45, 2.75) is 6.92 Å². The first-order valence-electron chi connectivity index (χ1n) is 4.20. The summed E-state index contributed by atoms with van der Waals surface area (Å²) in [5.74, 6) is -0.868. The molecule has 78 valence electrons. The molecule has 0 aliphatic carbocycles. The molecule has 1 amide bonds. The van der Waals surface area contributed by atoms with Gasteiger partial charge in [-0.1, -0.05) is 11.2 Å². The zero-order valence-corrected chi connectivity index (χ0v) is 8.07. The van der Waals surface area contributed by atoms with Crippen LogP contribution < -0.4 is 5.32 Å². The van der Waals surface area contributed by atoms with E-state index in [-0.39, 0.29) is 6.54 Å². The number of carbonyl (C=O) groups is 1. The van der Waals surface area contributed by atoms with E-state index in [9.17, 15) is 9.18 Å². The lowest BCUT2D eigenvalue weighted by Gasteiger charge is -2.04. The van der Waals surface area contributed by atoms with E-state index in [0.717, 1.165) is 0 Å². The molecular weight excluding hydrogens is 199 g/mol. The van der Waals surface area contributed by atoms with Gasteiger partial charge in [0.05, 0.1) is 0 Å². The average molecular weight is 208 g/mol. The molecule has 0 unspecified atom stereocenters. The summed E-state index contributed by atoms with van der Waals surface area (Å²) in [4.78, 5) is 13.5. The molecule has 1 aromatic carbocycles. The number of nitrogens with one attached hydrogen (secondary N) is 1. The Bertz CT molecular complexity index is 426. The summed E-state index contributed by atoms with van der Waals surface area (Å²) in [5, 5.41) is 5.48. The SMILES string of the molecule is Cc1ccc(NC(=O)CN=[N+]=[N-])cc1F. The van der Waals surface area contributed by atoms with Gasteiger partial charge >= 0.3 is 0 Å². The van der Waals surface area contributed by atoms with Crippen LogP contribution in [0, 0.1) is 12.7 Å². The van der Waals surface area contributed by atoms with Gasteiger partial charge in [-0.25, -0.2) is 4.39 Å². The summed E-state index contributed by atoms with van der Waals surface area (Å²) in [6.45, 7) is 1.33. The Morgan fingerprint density at radius 1 is 1.67 bits per heavy atom. The molecule has 1 N–H and O–H groups in total. The fourth-order valence-corrected chi connectivity index (χ4v) is 0.967. The predicted octanol–water partition coefficient (Wildman–Crippen LogP) is 2.38. The summed E-state index contributed by atoms with van der Waals surface area (Å²) >= 11 is 0. The molecular formula is C9H9FN4O. The maximum Gasteiger partial charge on any atom is 0.230 e. The van der Waals surface area contributed by atoms with Crippen molar-refractivity contribution in [2.24, 2.45) is 5.11 Å². The Morgan fingerprint density at radius 3 is 3.00 bits per heavy atom. The fourth-order valence-electron chi connectivity index (χ4n) is 0.967. The zero-order chi connectivity index (χ0) is 11.3. The van der Waals surface area contributed by atoms with Crippen molar-refractivity contribution in [3.8, 4) is 0 Å². The van der Waals surface area contributed by atoms with Crippen LogP contribution in [0.3, 0.4) is 0 Å². The highest BCUT2D eigenvalue weighted by Gasteiger charge is 2.02. The minimum atomic E-state index is -0.476. The molecule has 0 fully saturated rings. The van der Waals surface area contributed by atoms with Crippen LogP contribution in [-0.2, 0) is 4.79 Å². The second kappa shape index (κ2) is 4.97. The van der Waals surface area contributed by atoms with Crippen LogP contribution >= 0.6 is 0 Å². The van der Waals surface area contributed by atoms with Gasteiger partial charge < -0.3 is 5.32 Å². The molecule has 0 bridgehead atoms. The van der Waals surface area contributed by atoms with E-state index in [4.69, 9.17) is 5.53 Å². The van der Waals surface area contributed by atoms with Crippen LogP contribution in [-0.4, -0.2) is 12.5 Å². The lowest BCUT2D eigenvalue weighted by molar-refractivity contribution is -0.114. The van der Waals surface area contributed by atoms with Gasteiger partial charge in [-0.2, -0.15) is 0 Å². The molecule has 6 heteroatoms. The van der Waals surface area contributed by atoms with Gasteiger partial charge in [0.15, 0.2) is 0 Å². The quantitative estimate of drug-likeness (QED) is 0.462. The number of carbonyl (C=O) groups excluding carboxylic acids is 1. The topological polar surface area (TPSA) is 77.9 Å². The third-order valence-electron chi connectivity index (χ3n) is 1.73. The molecule has 0 saturated carbocycles. The molecule has 0 saturated heterocycles. The Hall–Kier alpha value is -2.07. The van der Waals surface area contributed by atoms with Crippen LogP contribution in [0.25, 0.3) is 10.4 Å². The van der Waals surface area contributed by atoms with Crippen LogP contribution in [0.4, 0.5) is 10.1 Å². The molecule has 1 rings (SSSR count). The maximum absolute atomic E-state index is 13.0. The largest absolute Gasteiger partial charge is 0.326 e. The van der Waals surface area contributed by atoms with Crippen LogP contribution in [0.15, 0.2) is 23.3 Å². The minimum Gasteiger partial charge on any atom is -0.326 e. The number of nitrogens with zero attached hydrogens (tertiary/aromatic N) is 3. The van der Waals surface area contributed by atoms with Crippen molar-refractivity contribution in [1.29, 1.82) is 0 Å². The Labute approximate surface area is 85.5 Å². The molecule has 0 spiro atoms. The van der Waals surface area contributed by atoms with Gasteiger partial charge in [0, 0.05) is 10.6 Å². The van der Waals surface area contributed by atoms with Crippen LogP contribution in [0.1, 0.15) is 5.56 Å². The number of benzene rings is 1. The number of hydrogen-bond donors (Lipinski definition) is 1. The van der Waals surface area contributed by atoms with Gasteiger partial charge in [0.1, 0.15) is 12.4 Å². The molecule has 0 radical (unpaired) electrons. The van der Waals surface area contributed by atoms with Gasteiger partial charge in [0.25, 0.3) is 0 Å². The van der Waals surface area contributed by atoms with E-state index >= 15 is 0 Å². The molecule has 15 heavy (non-hydrogen) atoms. The summed E-state index contributed by atoms with van der Waals surface area (Å²) in [7, 11) is 0. The molecule has 1 aromatic rings. The molecule has 0 atom stereocenters. The highest BCUT2D eigenvalue weighted by Crippen LogP contribution is 2.13. The summed E-state index contributed by atoms with van der Waals surface area (Å²) in [6.07, 6.45) is 0. The molecule has 0 aliphatic rings. The second-order valence-electron chi connectivity index (χ2n) is 2.90. The Balaban J connectivity index is 2.68. The monoisotopic (exact) mass is 208 g/mol. The van der Waals surface area contributed by atoms with Crippen LogP contribution in [0.5, 0.6) is 0 Å². The van der Waals surface area contributed by atoms with Crippen molar-refractivity contribution >= 4 is 11.6 Å². The Kier molecular flexibility index (Phi) is 3.65. The van der Waals surface area contributed by atoms with Gasteiger partial charge in [-0.15, -0.1) is 0 Å². The number of halogens is 1.